The van der Waals surface area contributed by atoms with Crippen LogP contribution in [0.4, 0.5) is 4.39 Å². The minimum atomic E-state index is -0.515. The quantitative estimate of drug-likeness (QED) is 0.689. The fourth-order valence-electron chi connectivity index (χ4n) is 5.00. The van der Waals surface area contributed by atoms with E-state index in [-0.39, 0.29) is 0 Å². The second kappa shape index (κ2) is 7.94. The highest BCUT2D eigenvalue weighted by atomic mass is 19.1. The first-order chi connectivity index (χ1) is 10.3. The Morgan fingerprint density at radius 1 is 0.714 bits per heavy atom. The zero-order valence-corrected chi connectivity index (χ0v) is 13.7. The first-order valence-electron chi connectivity index (χ1n) is 9.67. The predicted octanol–water partition coefficient (Wildman–Crippen LogP) is 5.20. The maximum absolute atomic E-state index is 14.0. The van der Waals surface area contributed by atoms with E-state index in [1.165, 1.54) is 70.9 Å². The molecule has 2 aliphatic carbocycles. The molecule has 3 aliphatic rings. The molecule has 0 radical (unpaired) electrons. The van der Waals surface area contributed by atoms with Crippen LogP contribution in [0, 0.1) is 17.8 Å². The average Bonchev–Trinajstić information content (AvgIpc) is 2.52. The van der Waals surface area contributed by atoms with Crippen LogP contribution >= 0.6 is 0 Å². The summed E-state index contributed by atoms with van der Waals surface area (Å²) in [6.07, 6.45) is 15.4. The molecule has 2 atom stereocenters. The SMILES string of the molecule is FC1CCCCC1CN1CCC(CC2CCCCC2)CC1. The smallest absolute Gasteiger partial charge is 0.104 e. The fraction of sp³-hybridized carbons (Fsp3) is 1.00. The van der Waals surface area contributed by atoms with Gasteiger partial charge in [-0.25, -0.2) is 4.39 Å². The molecule has 1 aliphatic heterocycles. The molecule has 3 rings (SSSR count). The number of alkyl halides is 1. The van der Waals surface area contributed by atoms with E-state index in [2.05, 4.69) is 4.90 Å². The summed E-state index contributed by atoms with van der Waals surface area (Å²) in [6, 6.07) is 0. The Bertz CT molecular complexity index is 292. The van der Waals surface area contributed by atoms with Gasteiger partial charge in [0.2, 0.25) is 0 Å². The van der Waals surface area contributed by atoms with Gasteiger partial charge < -0.3 is 4.90 Å². The molecule has 1 nitrogen and oxygen atoms in total. The molecule has 0 aromatic carbocycles. The van der Waals surface area contributed by atoms with Gasteiger partial charge in [0.25, 0.3) is 0 Å². The normalized spacial score (nSPS) is 34.1. The standard InChI is InChI=1S/C19H34FN/c20-19-9-5-4-8-18(19)15-21-12-10-17(11-13-21)14-16-6-2-1-3-7-16/h16-19H,1-15H2. The number of halogens is 1. The van der Waals surface area contributed by atoms with Crippen molar-refractivity contribution in [1.82, 2.24) is 4.90 Å². The summed E-state index contributed by atoms with van der Waals surface area (Å²) in [4.78, 5) is 2.57. The average molecular weight is 295 g/mol. The van der Waals surface area contributed by atoms with Crippen LogP contribution < -0.4 is 0 Å². The maximum Gasteiger partial charge on any atom is 0.104 e. The van der Waals surface area contributed by atoms with Crippen molar-refractivity contribution in [2.75, 3.05) is 19.6 Å². The summed E-state index contributed by atoms with van der Waals surface area (Å²) in [5.74, 6) is 2.34. The van der Waals surface area contributed by atoms with Gasteiger partial charge in [0.05, 0.1) is 0 Å². The lowest BCUT2D eigenvalue weighted by atomic mass is 9.79. The Morgan fingerprint density at radius 3 is 2.05 bits per heavy atom. The van der Waals surface area contributed by atoms with E-state index in [4.69, 9.17) is 0 Å². The van der Waals surface area contributed by atoms with Gasteiger partial charge in [-0.15, -0.1) is 0 Å². The van der Waals surface area contributed by atoms with Gasteiger partial charge in [-0.3, -0.25) is 0 Å². The van der Waals surface area contributed by atoms with Crippen molar-refractivity contribution in [1.29, 1.82) is 0 Å². The topological polar surface area (TPSA) is 3.24 Å². The molecule has 122 valence electrons. The third kappa shape index (κ3) is 4.68. The third-order valence-electron chi connectivity index (χ3n) is 6.41. The Kier molecular flexibility index (Phi) is 5.97. The van der Waals surface area contributed by atoms with Crippen LogP contribution in [0.3, 0.4) is 0 Å². The summed E-state index contributed by atoms with van der Waals surface area (Å²) < 4.78 is 14.0. The molecule has 2 heteroatoms. The van der Waals surface area contributed by atoms with Gasteiger partial charge in [-0.05, 0) is 57.0 Å². The molecule has 0 bridgehead atoms. The molecule has 0 N–H and O–H groups in total. The Hall–Kier alpha value is -0.110. The molecule has 1 saturated heterocycles. The van der Waals surface area contributed by atoms with Gasteiger partial charge in [0.15, 0.2) is 0 Å². The van der Waals surface area contributed by atoms with E-state index in [0.29, 0.717) is 5.92 Å². The fourth-order valence-corrected chi connectivity index (χ4v) is 5.00. The number of nitrogens with zero attached hydrogens (tertiary/aromatic N) is 1. The summed E-state index contributed by atoms with van der Waals surface area (Å²) in [6.45, 7) is 3.51. The highest BCUT2D eigenvalue weighted by Crippen LogP contribution is 2.34. The largest absolute Gasteiger partial charge is 0.303 e. The van der Waals surface area contributed by atoms with Crippen LogP contribution in [0.5, 0.6) is 0 Å². The van der Waals surface area contributed by atoms with Crippen LogP contribution in [0.2, 0.25) is 0 Å². The minimum absolute atomic E-state index is 0.341. The zero-order valence-electron chi connectivity index (χ0n) is 13.7. The Balaban J connectivity index is 1.36. The maximum atomic E-state index is 14.0. The van der Waals surface area contributed by atoms with Gasteiger partial charge in [0, 0.05) is 12.5 Å². The van der Waals surface area contributed by atoms with Crippen molar-refractivity contribution in [3.05, 3.63) is 0 Å². The van der Waals surface area contributed by atoms with Crippen LogP contribution in [0.25, 0.3) is 0 Å². The van der Waals surface area contributed by atoms with Gasteiger partial charge in [0.1, 0.15) is 6.17 Å². The van der Waals surface area contributed by atoms with E-state index in [9.17, 15) is 4.39 Å². The number of hydrogen-bond donors (Lipinski definition) is 0. The zero-order chi connectivity index (χ0) is 14.5. The number of piperidine rings is 1. The van der Waals surface area contributed by atoms with Crippen molar-refractivity contribution < 1.29 is 4.39 Å². The van der Waals surface area contributed by atoms with Crippen molar-refractivity contribution in [2.45, 2.75) is 83.2 Å². The Labute approximate surface area is 130 Å². The third-order valence-corrected chi connectivity index (χ3v) is 6.41. The van der Waals surface area contributed by atoms with Crippen molar-refractivity contribution in [2.24, 2.45) is 17.8 Å². The van der Waals surface area contributed by atoms with Gasteiger partial charge >= 0.3 is 0 Å². The lowest BCUT2D eigenvalue weighted by molar-refractivity contribution is 0.0884. The molecule has 0 aromatic heterocycles. The van der Waals surface area contributed by atoms with Crippen LogP contribution in [-0.2, 0) is 0 Å². The first-order valence-corrected chi connectivity index (χ1v) is 9.67. The van der Waals surface area contributed by atoms with Crippen LogP contribution in [0.15, 0.2) is 0 Å². The molecule has 1 heterocycles. The molecule has 0 spiro atoms. The second-order valence-corrected chi connectivity index (χ2v) is 8.04. The van der Waals surface area contributed by atoms with E-state index in [0.717, 1.165) is 37.6 Å². The predicted molar refractivity (Wildman–Crippen MR) is 87.2 cm³/mol. The highest BCUT2D eigenvalue weighted by Gasteiger charge is 2.29. The molecular weight excluding hydrogens is 261 g/mol. The molecule has 0 aromatic rings. The van der Waals surface area contributed by atoms with E-state index < -0.39 is 6.17 Å². The van der Waals surface area contributed by atoms with Crippen molar-refractivity contribution in [3.8, 4) is 0 Å². The van der Waals surface area contributed by atoms with Gasteiger partial charge in [-0.1, -0.05) is 44.9 Å². The molecule has 2 unspecified atom stereocenters. The van der Waals surface area contributed by atoms with Crippen LogP contribution in [0.1, 0.15) is 77.0 Å². The summed E-state index contributed by atoms with van der Waals surface area (Å²) in [7, 11) is 0. The summed E-state index contributed by atoms with van der Waals surface area (Å²) in [5, 5.41) is 0. The van der Waals surface area contributed by atoms with E-state index in [1.807, 2.05) is 0 Å². The lowest BCUT2D eigenvalue weighted by Gasteiger charge is -2.37. The van der Waals surface area contributed by atoms with E-state index >= 15 is 0 Å². The number of rotatable bonds is 4. The summed E-state index contributed by atoms with van der Waals surface area (Å²) >= 11 is 0. The highest BCUT2D eigenvalue weighted by molar-refractivity contribution is 4.81. The first kappa shape index (κ1) is 15.8. The second-order valence-electron chi connectivity index (χ2n) is 8.04. The monoisotopic (exact) mass is 295 g/mol. The minimum Gasteiger partial charge on any atom is -0.303 e. The van der Waals surface area contributed by atoms with Crippen molar-refractivity contribution >= 4 is 0 Å². The lowest BCUT2D eigenvalue weighted by Crippen LogP contribution is -2.40. The van der Waals surface area contributed by atoms with E-state index in [1.54, 1.807) is 0 Å². The van der Waals surface area contributed by atoms with Gasteiger partial charge in [-0.2, -0.15) is 0 Å². The molecule has 21 heavy (non-hydrogen) atoms. The number of hydrogen-bond acceptors (Lipinski definition) is 1. The number of likely N-dealkylation sites (tertiary alicyclic amines) is 1. The summed E-state index contributed by atoms with van der Waals surface area (Å²) in [5.41, 5.74) is 0. The molecular formula is C19H34FN. The van der Waals surface area contributed by atoms with Crippen molar-refractivity contribution in [3.63, 3.8) is 0 Å². The van der Waals surface area contributed by atoms with Crippen LogP contribution in [-0.4, -0.2) is 30.7 Å². The Morgan fingerprint density at radius 2 is 1.33 bits per heavy atom. The molecule has 2 saturated carbocycles. The molecule has 0 amide bonds. The molecule has 3 fully saturated rings.